The monoisotopic (exact) mass is 395 g/mol. The van der Waals surface area contributed by atoms with Crippen LogP contribution in [0.4, 0.5) is 5.69 Å². The first kappa shape index (κ1) is 20.2. The van der Waals surface area contributed by atoms with Gasteiger partial charge in [-0.2, -0.15) is 0 Å². The number of Topliss-reactive ketones (excluding diaryl/α,β-unsaturated/α-hetero) is 1. The van der Waals surface area contributed by atoms with Gasteiger partial charge in [0.2, 0.25) is 0 Å². The highest BCUT2D eigenvalue weighted by atomic mass is 16.1. The van der Waals surface area contributed by atoms with Crippen LogP contribution in [0.25, 0.3) is 5.57 Å². The number of carbonyl (C=O) groups is 1. The molecule has 3 aromatic rings. The lowest BCUT2D eigenvalue weighted by Crippen LogP contribution is -2.31. The summed E-state index contributed by atoms with van der Waals surface area (Å²) in [6.07, 6.45) is 3.62. The zero-order valence-corrected chi connectivity index (χ0v) is 17.7. The molecule has 2 heteroatoms. The van der Waals surface area contributed by atoms with Crippen molar-refractivity contribution >= 4 is 17.0 Å². The lowest BCUT2D eigenvalue weighted by Gasteiger charge is -2.32. The van der Waals surface area contributed by atoms with E-state index in [1.165, 1.54) is 28.0 Å². The van der Waals surface area contributed by atoms with Crippen LogP contribution in [0.1, 0.15) is 54.1 Å². The van der Waals surface area contributed by atoms with Gasteiger partial charge in [-0.15, -0.1) is 0 Å². The van der Waals surface area contributed by atoms with Gasteiger partial charge in [0.25, 0.3) is 0 Å². The normalized spacial score (nSPS) is 13.9. The molecule has 0 N–H and O–H groups in total. The Morgan fingerprint density at radius 2 is 1.27 bits per heavy atom. The van der Waals surface area contributed by atoms with Crippen molar-refractivity contribution in [1.82, 2.24) is 0 Å². The smallest absolute Gasteiger partial charge is 0.162 e. The molecule has 2 nitrogen and oxygen atoms in total. The molecule has 3 aromatic carbocycles. The SMILES string of the molecule is CCCC(=O)c1ccc(N2CCC(=C(c3ccccc3)c3ccccc3)CC2)cc1. The molecule has 1 fully saturated rings. The number of ketones is 1. The molecular weight excluding hydrogens is 366 g/mol. The Bertz CT molecular complexity index is 952. The number of benzene rings is 3. The summed E-state index contributed by atoms with van der Waals surface area (Å²) in [4.78, 5) is 14.5. The van der Waals surface area contributed by atoms with Crippen molar-refractivity contribution in [3.63, 3.8) is 0 Å². The van der Waals surface area contributed by atoms with Gasteiger partial charge >= 0.3 is 0 Å². The van der Waals surface area contributed by atoms with Crippen LogP contribution in [0.3, 0.4) is 0 Å². The fourth-order valence-electron chi connectivity index (χ4n) is 4.30. The summed E-state index contributed by atoms with van der Waals surface area (Å²) in [6.45, 7) is 4.05. The Labute approximate surface area is 179 Å². The molecule has 0 radical (unpaired) electrons. The summed E-state index contributed by atoms with van der Waals surface area (Å²) in [5, 5.41) is 0. The maximum atomic E-state index is 12.1. The number of nitrogens with zero attached hydrogens (tertiary/aromatic N) is 1. The molecule has 0 spiro atoms. The van der Waals surface area contributed by atoms with Crippen LogP contribution < -0.4 is 4.90 Å². The van der Waals surface area contributed by atoms with Crippen LogP contribution in [-0.2, 0) is 0 Å². The molecule has 0 saturated carbocycles. The van der Waals surface area contributed by atoms with Crippen LogP contribution in [0.15, 0.2) is 90.5 Å². The predicted molar refractivity (Wildman–Crippen MR) is 126 cm³/mol. The lowest BCUT2D eigenvalue weighted by atomic mass is 9.88. The van der Waals surface area contributed by atoms with Gasteiger partial charge in [-0.25, -0.2) is 0 Å². The standard InChI is InChI=1S/C28H29NO/c1-2-9-27(30)22-14-16-26(17-15-22)29-20-18-25(19-21-29)28(23-10-5-3-6-11-23)24-12-7-4-8-13-24/h3-8,10-17H,2,9,18-21H2,1H3. The lowest BCUT2D eigenvalue weighted by molar-refractivity contribution is 0.0982. The minimum Gasteiger partial charge on any atom is -0.371 e. The summed E-state index contributed by atoms with van der Waals surface area (Å²) in [7, 11) is 0. The third-order valence-electron chi connectivity index (χ3n) is 5.88. The largest absolute Gasteiger partial charge is 0.371 e. The fraction of sp³-hybridized carbons (Fsp3) is 0.250. The van der Waals surface area contributed by atoms with E-state index < -0.39 is 0 Å². The fourth-order valence-corrected chi connectivity index (χ4v) is 4.30. The molecule has 0 unspecified atom stereocenters. The van der Waals surface area contributed by atoms with E-state index in [2.05, 4.69) is 77.7 Å². The third kappa shape index (κ3) is 4.54. The average molecular weight is 396 g/mol. The average Bonchev–Trinajstić information content (AvgIpc) is 2.81. The Balaban J connectivity index is 1.54. The molecule has 0 atom stereocenters. The molecule has 30 heavy (non-hydrogen) atoms. The topological polar surface area (TPSA) is 20.3 Å². The third-order valence-corrected chi connectivity index (χ3v) is 5.88. The zero-order valence-electron chi connectivity index (χ0n) is 17.7. The molecule has 0 aromatic heterocycles. The van der Waals surface area contributed by atoms with E-state index in [1.807, 2.05) is 19.1 Å². The molecule has 1 aliphatic rings. The van der Waals surface area contributed by atoms with Crippen LogP contribution >= 0.6 is 0 Å². The highest BCUT2D eigenvalue weighted by molar-refractivity contribution is 5.96. The van der Waals surface area contributed by atoms with Crippen molar-refractivity contribution in [3.05, 3.63) is 107 Å². The second-order valence-corrected chi connectivity index (χ2v) is 7.92. The second-order valence-electron chi connectivity index (χ2n) is 7.92. The number of anilines is 1. The minimum atomic E-state index is 0.239. The number of piperidine rings is 1. The first-order valence-electron chi connectivity index (χ1n) is 11.0. The van der Waals surface area contributed by atoms with E-state index >= 15 is 0 Å². The number of rotatable bonds is 6. The summed E-state index contributed by atoms with van der Waals surface area (Å²) < 4.78 is 0. The molecule has 1 saturated heterocycles. The molecule has 4 rings (SSSR count). The number of carbonyl (C=O) groups excluding carboxylic acids is 1. The Hall–Kier alpha value is -3.13. The van der Waals surface area contributed by atoms with Crippen LogP contribution in [0.2, 0.25) is 0 Å². The Morgan fingerprint density at radius 1 is 0.733 bits per heavy atom. The molecule has 0 amide bonds. The van der Waals surface area contributed by atoms with Gasteiger partial charge in [0.05, 0.1) is 0 Å². The van der Waals surface area contributed by atoms with Gasteiger partial charge in [-0.05, 0) is 60.2 Å². The van der Waals surface area contributed by atoms with E-state index in [1.54, 1.807) is 0 Å². The maximum Gasteiger partial charge on any atom is 0.162 e. The van der Waals surface area contributed by atoms with Crippen molar-refractivity contribution in [1.29, 1.82) is 0 Å². The van der Waals surface area contributed by atoms with Gasteiger partial charge in [-0.1, -0.05) is 73.2 Å². The first-order valence-corrected chi connectivity index (χ1v) is 11.0. The molecule has 0 bridgehead atoms. The van der Waals surface area contributed by atoms with E-state index in [0.717, 1.165) is 37.9 Å². The zero-order chi connectivity index (χ0) is 20.8. The van der Waals surface area contributed by atoms with E-state index in [4.69, 9.17) is 0 Å². The minimum absolute atomic E-state index is 0.239. The highest BCUT2D eigenvalue weighted by Gasteiger charge is 2.19. The van der Waals surface area contributed by atoms with Crippen LogP contribution in [0, 0.1) is 0 Å². The van der Waals surface area contributed by atoms with E-state index in [-0.39, 0.29) is 5.78 Å². The van der Waals surface area contributed by atoms with E-state index in [0.29, 0.717) is 6.42 Å². The quantitative estimate of drug-likeness (QED) is 0.429. The van der Waals surface area contributed by atoms with Crippen LogP contribution in [0.5, 0.6) is 0 Å². The summed E-state index contributed by atoms with van der Waals surface area (Å²) >= 11 is 0. The van der Waals surface area contributed by atoms with Crippen molar-refractivity contribution in [2.75, 3.05) is 18.0 Å². The second kappa shape index (κ2) is 9.58. The maximum absolute atomic E-state index is 12.1. The van der Waals surface area contributed by atoms with Gasteiger partial charge in [-0.3, -0.25) is 4.79 Å². The molecule has 1 aliphatic heterocycles. The summed E-state index contributed by atoms with van der Waals surface area (Å²) in [6, 6.07) is 29.7. The molecule has 1 heterocycles. The number of hydrogen-bond donors (Lipinski definition) is 0. The number of hydrogen-bond acceptors (Lipinski definition) is 2. The van der Waals surface area contributed by atoms with Gasteiger partial charge < -0.3 is 4.90 Å². The van der Waals surface area contributed by atoms with Crippen molar-refractivity contribution in [3.8, 4) is 0 Å². The Kier molecular flexibility index (Phi) is 6.44. The highest BCUT2D eigenvalue weighted by Crippen LogP contribution is 2.33. The van der Waals surface area contributed by atoms with Crippen molar-refractivity contribution < 1.29 is 4.79 Å². The Morgan fingerprint density at radius 3 is 1.77 bits per heavy atom. The summed E-state index contributed by atoms with van der Waals surface area (Å²) in [5.41, 5.74) is 7.54. The summed E-state index contributed by atoms with van der Waals surface area (Å²) in [5.74, 6) is 0.239. The first-order chi connectivity index (χ1) is 14.8. The molecular formula is C28H29NO. The van der Waals surface area contributed by atoms with Gasteiger partial charge in [0, 0.05) is 30.8 Å². The van der Waals surface area contributed by atoms with Gasteiger partial charge in [0.15, 0.2) is 5.78 Å². The van der Waals surface area contributed by atoms with E-state index in [9.17, 15) is 4.79 Å². The van der Waals surface area contributed by atoms with Crippen LogP contribution in [-0.4, -0.2) is 18.9 Å². The predicted octanol–water partition coefficient (Wildman–Crippen LogP) is 6.77. The molecule has 0 aliphatic carbocycles. The van der Waals surface area contributed by atoms with Crippen molar-refractivity contribution in [2.24, 2.45) is 0 Å². The molecule has 152 valence electrons. The van der Waals surface area contributed by atoms with Gasteiger partial charge in [0.1, 0.15) is 0 Å². The van der Waals surface area contributed by atoms with Crippen molar-refractivity contribution in [2.45, 2.75) is 32.6 Å².